The molecule has 0 amide bonds. The van der Waals surface area contributed by atoms with Gasteiger partial charge in [0.15, 0.2) is 0 Å². The van der Waals surface area contributed by atoms with Gasteiger partial charge in [0.2, 0.25) is 0 Å². The fraction of sp³-hybridized carbons (Fsp3) is 0.400. The van der Waals surface area contributed by atoms with Crippen LogP contribution in [0.15, 0.2) is 30.7 Å². The molecule has 0 bridgehead atoms. The molecule has 96 valence electrons. The maximum atomic E-state index is 4.20. The summed E-state index contributed by atoms with van der Waals surface area (Å²) in [6.07, 6.45) is 4.79. The van der Waals surface area contributed by atoms with E-state index in [4.69, 9.17) is 0 Å². The lowest BCUT2D eigenvalue weighted by molar-refractivity contribution is 0.553. The lowest BCUT2D eigenvalue weighted by Gasteiger charge is -2.19. The topological polar surface area (TPSA) is 29.9 Å². The highest BCUT2D eigenvalue weighted by Gasteiger charge is 2.15. The highest BCUT2D eigenvalue weighted by Crippen LogP contribution is 2.22. The molecule has 1 aromatic heterocycles. The second kappa shape index (κ2) is 5.36. The Hall–Kier alpha value is -1.61. The van der Waals surface area contributed by atoms with Crippen LogP contribution < -0.4 is 5.32 Å². The summed E-state index contributed by atoms with van der Waals surface area (Å²) >= 11 is 0. The van der Waals surface area contributed by atoms with Gasteiger partial charge in [-0.25, -0.2) is 4.98 Å². The Morgan fingerprint density at radius 2 is 1.94 bits per heavy atom. The van der Waals surface area contributed by atoms with Crippen molar-refractivity contribution in [2.45, 2.75) is 26.3 Å². The Morgan fingerprint density at radius 3 is 2.44 bits per heavy atom. The zero-order chi connectivity index (χ0) is 13.1. The molecular formula is C15H21N3. The van der Waals surface area contributed by atoms with Crippen molar-refractivity contribution in [3.05, 3.63) is 53.1 Å². The number of rotatable bonds is 4. The largest absolute Gasteiger partial charge is 0.336 e. The van der Waals surface area contributed by atoms with Gasteiger partial charge in [-0.15, -0.1) is 0 Å². The summed E-state index contributed by atoms with van der Waals surface area (Å²) in [7, 11) is 4.04. The molecule has 2 aromatic rings. The minimum Gasteiger partial charge on any atom is -0.336 e. The van der Waals surface area contributed by atoms with Crippen LogP contribution in [0.3, 0.4) is 0 Å². The average Bonchev–Trinajstić information content (AvgIpc) is 2.76. The van der Waals surface area contributed by atoms with E-state index in [1.54, 1.807) is 0 Å². The molecule has 2 rings (SSSR count). The van der Waals surface area contributed by atoms with E-state index in [1.165, 1.54) is 22.4 Å². The van der Waals surface area contributed by atoms with E-state index < -0.39 is 0 Å². The Balaban J connectivity index is 2.29. The summed E-state index contributed by atoms with van der Waals surface area (Å²) in [6.45, 7) is 4.36. The van der Waals surface area contributed by atoms with Gasteiger partial charge >= 0.3 is 0 Å². The molecule has 0 aliphatic carbocycles. The fourth-order valence-corrected chi connectivity index (χ4v) is 2.43. The Bertz CT molecular complexity index is 508. The molecule has 3 nitrogen and oxygen atoms in total. The third-order valence-corrected chi connectivity index (χ3v) is 3.61. The van der Waals surface area contributed by atoms with Crippen molar-refractivity contribution in [2.75, 3.05) is 7.05 Å². The molecule has 1 heterocycles. The van der Waals surface area contributed by atoms with Crippen LogP contribution in [-0.4, -0.2) is 16.6 Å². The highest BCUT2D eigenvalue weighted by atomic mass is 15.1. The highest BCUT2D eigenvalue weighted by molar-refractivity contribution is 5.34. The molecule has 1 aromatic carbocycles. The van der Waals surface area contributed by atoms with Crippen molar-refractivity contribution < 1.29 is 0 Å². The predicted molar refractivity (Wildman–Crippen MR) is 74.6 cm³/mol. The molecular weight excluding hydrogens is 222 g/mol. The normalized spacial score (nSPS) is 12.7. The summed E-state index contributed by atoms with van der Waals surface area (Å²) < 4.78 is 2.08. The lowest BCUT2D eigenvalue weighted by Crippen LogP contribution is -2.22. The number of imidazole rings is 1. The molecule has 0 saturated heterocycles. The number of likely N-dealkylation sites (N-methyl/N-ethyl adjacent to an activating group) is 1. The van der Waals surface area contributed by atoms with E-state index in [2.05, 4.69) is 46.9 Å². The number of nitrogens with one attached hydrogen (secondary N) is 1. The van der Waals surface area contributed by atoms with Crippen LogP contribution in [0.2, 0.25) is 0 Å². The van der Waals surface area contributed by atoms with Crippen LogP contribution in [0.1, 0.15) is 28.4 Å². The first-order valence-electron chi connectivity index (χ1n) is 6.32. The van der Waals surface area contributed by atoms with E-state index in [-0.39, 0.29) is 0 Å². The van der Waals surface area contributed by atoms with Crippen LogP contribution >= 0.6 is 0 Å². The SMILES string of the molecule is CNC(Cc1c(C)cccc1C)c1cncn1C. The van der Waals surface area contributed by atoms with Crippen molar-refractivity contribution in [1.82, 2.24) is 14.9 Å². The molecule has 0 aliphatic heterocycles. The number of aryl methyl sites for hydroxylation is 3. The molecule has 0 fully saturated rings. The summed E-state index contributed by atoms with van der Waals surface area (Å²) in [5.74, 6) is 0. The zero-order valence-corrected chi connectivity index (χ0v) is 11.6. The third kappa shape index (κ3) is 2.46. The average molecular weight is 243 g/mol. The summed E-state index contributed by atoms with van der Waals surface area (Å²) in [4.78, 5) is 4.20. The van der Waals surface area contributed by atoms with Crippen LogP contribution in [0, 0.1) is 13.8 Å². The lowest BCUT2D eigenvalue weighted by atomic mass is 9.95. The molecule has 1 unspecified atom stereocenters. The number of aromatic nitrogens is 2. The molecule has 1 N–H and O–H groups in total. The predicted octanol–water partition coefficient (Wildman–Crippen LogP) is 2.54. The van der Waals surface area contributed by atoms with Crippen molar-refractivity contribution in [3.8, 4) is 0 Å². The number of benzene rings is 1. The van der Waals surface area contributed by atoms with E-state index in [1.807, 2.05) is 26.6 Å². The van der Waals surface area contributed by atoms with Crippen LogP contribution in [-0.2, 0) is 13.5 Å². The quantitative estimate of drug-likeness (QED) is 0.894. The number of hydrogen-bond acceptors (Lipinski definition) is 2. The molecule has 3 heteroatoms. The van der Waals surface area contributed by atoms with Gasteiger partial charge in [0, 0.05) is 13.2 Å². The van der Waals surface area contributed by atoms with E-state index in [9.17, 15) is 0 Å². The van der Waals surface area contributed by atoms with Gasteiger partial charge in [-0.2, -0.15) is 0 Å². The van der Waals surface area contributed by atoms with Gasteiger partial charge < -0.3 is 9.88 Å². The first kappa shape index (κ1) is 12.8. The van der Waals surface area contributed by atoms with E-state index in [0.717, 1.165) is 6.42 Å². The van der Waals surface area contributed by atoms with Gasteiger partial charge in [-0.1, -0.05) is 18.2 Å². The first-order valence-corrected chi connectivity index (χ1v) is 6.32. The van der Waals surface area contributed by atoms with Gasteiger partial charge in [0.25, 0.3) is 0 Å². The molecule has 18 heavy (non-hydrogen) atoms. The maximum Gasteiger partial charge on any atom is 0.0946 e. The second-order valence-corrected chi connectivity index (χ2v) is 4.85. The molecule has 0 radical (unpaired) electrons. The molecule has 0 aliphatic rings. The Labute approximate surface area is 109 Å². The fourth-order valence-electron chi connectivity index (χ4n) is 2.43. The Morgan fingerprint density at radius 1 is 1.28 bits per heavy atom. The third-order valence-electron chi connectivity index (χ3n) is 3.61. The van der Waals surface area contributed by atoms with Gasteiger partial charge in [0.1, 0.15) is 0 Å². The van der Waals surface area contributed by atoms with Gasteiger partial charge in [-0.3, -0.25) is 0 Å². The van der Waals surface area contributed by atoms with Gasteiger partial charge in [-0.05, 0) is 44.0 Å². The molecule has 1 atom stereocenters. The van der Waals surface area contributed by atoms with Crippen LogP contribution in [0.4, 0.5) is 0 Å². The standard InChI is InChI=1S/C15H21N3/c1-11-6-5-7-12(2)13(11)8-14(16-3)15-9-17-10-18(15)4/h5-7,9-10,14,16H,8H2,1-4H3. The van der Waals surface area contributed by atoms with Crippen LogP contribution in [0.25, 0.3) is 0 Å². The zero-order valence-electron chi connectivity index (χ0n) is 11.6. The van der Waals surface area contributed by atoms with Crippen molar-refractivity contribution in [2.24, 2.45) is 7.05 Å². The number of hydrogen-bond donors (Lipinski definition) is 1. The smallest absolute Gasteiger partial charge is 0.0946 e. The van der Waals surface area contributed by atoms with Crippen molar-refractivity contribution in [1.29, 1.82) is 0 Å². The van der Waals surface area contributed by atoms with Gasteiger partial charge in [0.05, 0.1) is 18.1 Å². The minimum atomic E-state index is 0.303. The van der Waals surface area contributed by atoms with Crippen molar-refractivity contribution >= 4 is 0 Å². The monoisotopic (exact) mass is 243 g/mol. The van der Waals surface area contributed by atoms with Crippen molar-refractivity contribution in [3.63, 3.8) is 0 Å². The molecule has 0 saturated carbocycles. The Kier molecular flexibility index (Phi) is 3.82. The van der Waals surface area contributed by atoms with Crippen LogP contribution in [0.5, 0.6) is 0 Å². The number of nitrogens with zero attached hydrogens (tertiary/aromatic N) is 2. The maximum absolute atomic E-state index is 4.20. The summed E-state index contributed by atoms with van der Waals surface area (Å²) in [5, 5.41) is 3.39. The minimum absolute atomic E-state index is 0.303. The molecule has 0 spiro atoms. The summed E-state index contributed by atoms with van der Waals surface area (Å²) in [6, 6.07) is 6.78. The van der Waals surface area contributed by atoms with E-state index >= 15 is 0 Å². The summed E-state index contributed by atoms with van der Waals surface area (Å²) in [5.41, 5.74) is 5.37. The second-order valence-electron chi connectivity index (χ2n) is 4.85. The van der Waals surface area contributed by atoms with E-state index in [0.29, 0.717) is 6.04 Å². The first-order chi connectivity index (χ1) is 8.63.